The van der Waals surface area contributed by atoms with E-state index in [1.807, 2.05) is 0 Å². The number of nitrogens with zero attached hydrogens (tertiary/aromatic N) is 4. The molecule has 11 rings (SSSR count). The third kappa shape index (κ3) is 3.90. The molecule has 0 radical (unpaired) electrons. The normalized spacial score (nSPS) is 15.8. The summed E-state index contributed by atoms with van der Waals surface area (Å²) in [6.45, 7) is 4.76. The number of aromatic nitrogens is 4. The molecular formula is C47H34N4. The van der Waals surface area contributed by atoms with Gasteiger partial charge < -0.3 is 4.57 Å². The van der Waals surface area contributed by atoms with E-state index in [-0.39, 0.29) is 5.41 Å². The Kier molecular flexibility index (Phi) is 5.81. The SMILES string of the molecule is CC1(C)c2ccccc2-c2nc(-n3c4ccccc4c4c3ccc3c5ccccc5n(-c5ccc(-c6ccccc6)cc5)c34)nc3c2C1CC=C3. The fourth-order valence-corrected chi connectivity index (χ4v) is 9.20. The summed E-state index contributed by atoms with van der Waals surface area (Å²) in [7, 11) is 0. The Labute approximate surface area is 296 Å². The van der Waals surface area contributed by atoms with Crippen LogP contribution in [0.5, 0.6) is 0 Å². The average Bonchev–Trinajstić information content (AvgIpc) is 3.70. The van der Waals surface area contributed by atoms with Gasteiger partial charge in [0.2, 0.25) is 5.95 Å². The van der Waals surface area contributed by atoms with Crippen LogP contribution in [0.15, 0.2) is 146 Å². The number of para-hydroxylation sites is 2. The molecule has 1 atom stereocenters. The quantitative estimate of drug-likeness (QED) is 0.190. The second-order valence-electron chi connectivity index (χ2n) is 14.6. The molecule has 0 aliphatic heterocycles. The maximum absolute atomic E-state index is 5.51. The summed E-state index contributed by atoms with van der Waals surface area (Å²) in [5.74, 6) is 1.04. The van der Waals surface area contributed by atoms with E-state index in [0.29, 0.717) is 11.9 Å². The first-order chi connectivity index (χ1) is 25.1. The van der Waals surface area contributed by atoms with Gasteiger partial charge in [0, 0.05) is 44.3 Å². The molecule has 0 spiro atoms. The molecule has 3 heterocycles. The Bertz CT molecular complexity index is 2900. The minimum atomic E-state index is -0.0147. The largest absolute Gasteiger partial charge is 0.309 e. The molecule has 0 saturated heterocycles. The Morgan fingerprint density at radius 3 is 2.10 bits per heavy atom. The first-order valence-electron chi connectivity index (χ1n) is 17.9. The number of fused-ring (bicyclic) bond motifs is 9. The zero-order valence-corrected chi connectivity index (χ0v) is 28.5. The van der Waals surface area contributed by atoms with E-state index in [9.17, 15) is 0 Å². The van der Waals surface area contributed by atoms with Crippen molar-refractivity contribution in [3.05, 3.63) is 162 Å². The van der Waals surface area contributed by atoms with Gasteiger partial charge in [-0.25, -0.2) is 9.97 Å². The number of benzene rings is 6. The molecule has 51 heavy (non-hydrogen) atoms. The monoisotopic (exact) mass is 654 g/mol. The number of allylic oxidation sites excluding steroid dienone is 1. The highest BCUT2D eigenvalue weighted by Crippen LogP contribution is 2.54. The van der Waals surface area contributed by atoms with Crippen molar-refractivity contribution in [3.8, 4) is 34.0 Å². The Hall–Kier alpha value is -6.26. The molecule has 0 amide bonds. The molecule has 1 unspecified atom stereocenters. The van der Waals surface area contributed by atoms with Crippen molar-refractivity contribution in [1.82, 2.24) is 19.1 Å². The van der Waals surface area contributed by atoms with Crippen molar-refractivity contribution in [2.45, 2.75) is 31.6 Å². The van der Waals surface area contributed by atoms with E-state index < -0.39 is 0 Å². The molecule has 4 nitrogen and oxygen atoms in total. The van der Waals surface area contributed by atoms with Crippen LogP contribution in [0.1, 0.15) is 43.0 Å². The zero-order valence-electron chi connectivity index (χ0n) is 28.5. The van der Waals surface area contributed by atoms with Crippen LogP contribution in [0.3, 0.4) is 0 Å². The van der Waals surface area contributed by atoms with Crippen LogP contribution in [-0.2, 0) is 5.41 Å². The van der Waals surface area contributed by atoms with E-state index in [4.69, 9.17) is 9.97 Å². The zero-order chi connectivity index (χ0) is 33.8. The lowest BCUT2D eigenvalue weighted by Crippen LogP contribution is -2.33. The van der Waals surface area contributed by atoms with Crippen molar-refractivity contribution >= 4 is 49.7 Å². The molecule has 6 aromatic carbocycles. The summed E-state index contributed by atoms with van der Waals surface area (Å²) in [5, 5.41) is 4.86. The molecule has 0 N–H and O–H groups in total. The predicted octanol–water partition coefficient (Wildman–Crippen LogP) is 11.8. The van der Waals surface area contributed by atoms with Crippen molar-refractivity contribution in [1.29, 1.82) is 0 Å². The Morgan fingerprint density at radius 2 is 1.27 bits per heavy atom. The average molecular weight is 655 g/mol. The van der Waals surface area contributed by atoms with Gasteiger partial charge in [0.15, 0.2) is 0 Å². The maximum Gasteiger partial charge on any atom is 0.235 e. The van der Waals surface area contributed by atoms with Gasteiger partial charge >= 0.3 is 0 Å². The summed E-state index contributed by atoms with van der Waals surface area (Å²) in [6.07, 6.45) is 5.52. The topological polar surface area (TPSA) is 35.6 Å². The summed E-state index contributed by atoms with van der Waals surface area (Å²) in [5.41, 5.74) is 14.1. The van der Waals surface area contributed by atoms with Crippen LogP contribution in [0, 0.1) is 0 Å². The summed E-state index contributed by atoms with van der Waals surface area (Å²) in [6, 6.07) is 50.5. The van der Waals surface area contributed by atoms with Crippen LogP contribution in [0.2, 0.25) is 0 Å². The first kappa shape index (κ1) is 28.6. The van der Waals surface area contributed by atoms with Crippen molar-refractivity contribution in [2.24, 2.45) is 0 Å². The summed E-state index contributed by atoms with van der Waals surface area (Å²) >= 11 is 0. The molecule has 242 valence electrons. The Morgan fingerprint density at radius 1 is 0.588 bits per heavy atom. The minimum Gasteiger partial charge on any atom is -0.309 e. The van der Waals surface area contributed by atoms with Crippen molar-refractivity contribution in [3.63, 3.8) is 0 Å². The second-order valence-corrected chi connectivity index (χ2v) is 14.6. The van der Waals surface area contributed by atoms with E-state index in [1.165, 1.54) is 60.4 Å². The lowest BCUT2D eigenvalue weighted by atomic mass is 9.62. The van der Waals surface area contributed by atoms with E-state index in [2.05, 4.69) is 175 Å². The van der Waals surface area contributed by atoms with Crippen molar-refractivity contribution in [2.75, 3.05) is 0 Å². The van der Waals surface area contributed by atoms with Gasteiger partial charge in [-0.1, -0.05) is 129 Å². The smallest absolute Gasteiger partial charge is 0.235 e. The molecular weight excluding hydrogens is 621 g/mol. The van der Waals surface area contributed by atoms with E-state index >= 15 is 0 Å². The van der Waals surface area contributed by atoms with Crippen LogP contribution < -0.4 is 0 Å². The third-order valence-electron chi connectivity index (χ3n) is 11.6. The van der Waals surface area contributed by atoms with Crippen LogP contribution in [-0.4, -0.2) is 19.1 Å². The molecule has 0 bridgehead atoms. The molecule has 3 aromatic heterocycles. The predicted molar refractivity (Wildman–Crippen MR) is 211 cm³/mol. The highest BCUT2D eigenvalue weighted by atomic mass is 15.2. The number of hydrogen-bond donors (Lipinski definition) is 0. The van der Waals surface area contributed by atoms with Crippen LogP contribution in [0.4, 0.5) is 0 Å². The van der Waals surface area contributed by atoms with Gasteiger partial charge in [-0.2, -0.15) is 0 Å². The van der Waals surface area contributed by atoms with Crippen molar-refractivity contribution < 1.29 is 0 Å². The molecule has 2 aliphatic rings. The van der Waals surface area contributed by atoms with Crippen LogP contribution in [0.25, 0.3) is 83.7 Å². The fourth-order valence-electron chi connectivity index (χ4n) is 9.20. The molecule has 0 saturated carbocycles. The standard InChI is InChI=1S/C47H34N4/c1-47(2)36-18-9-6-16-34(36)44-43-37(47)19-12-20-38(43)48-46(49-44)51-40-22-11-8-17-35(40)42-41(51)28-27-33-32-15-7-10-21-39(32)50(45(33)42)31-25-23-30(24-26-31)29-13-4-3-5-14-29/h3-18,20-28,37H,19H2,1-2H3. The fraction of sp³-hybridized carbons (Fsp3) is 0.106. The van der Waals surface area contributed by atoms with Gasteiger partial charge in [0.25, 0.3) is 0 Å². The third-order valence-corrected chi connectivity index (χ3v) is 11.6. The highest BCUT2D eigenvalue weighted by molar-refractivity contribution is 6.26. The molecule has 0 fully saturated rings. The van der Waals surface area contributed by atoms with Gasteiger partial charge in [-0.3, -0.25) is 4.57 Å². The minimum absolute atomic E-state index is 0.0147. The first-order valence-corrected chi connectivity index (χ1v) is 17.9. The number of rotatable bonds is 3. The lowest BCUT2D eigenvalue weighted by Gasteiger charge is -2.42. The maximum atomic E-state index is 5.51. The van der Waals surface area contributed by atoms with E-state index in [1.54, 1.807) is 0 Å². The lowest BCUT2D eigenvalue weighted by molar-refractivity contribution is 0.403. The molecule has 2 aliphatic carbocycles. The highest BCUT2D eigenvalue weighted by Gasteiger charge is 2.42. The van der Waals surface area contributed by atoms with Gasteiger partial charge in [0.05, 0.1) is 33.5 Å². The van der Waals surface area contributed by atoms with Gasteiger partial charge in [-0.15, -0.1) is 0 Å². The summed E-state index contributed by atoms with van der Waals surface area (Å²) in [4.78, 5) is 10.9. The second kappa shape index (κ2) is 10.4. The van der Waals surface area contributed by atoms with Gasteiger partial charge in [-0.05, 0) is 64.9 Å². The Balaban J connectivity index is 1.22. The van der Waals surface area contributed by atoms with Crippen LogP contribution >= 0.6 is 0 Å². The van der Waals surface area contributed by atoms with Gasteiger partial charge in [0.1, 0.15) is 0 Å². The summed E-state index contributed by atoms with van der Waals surface area (Å²) < 4.78 is 4.74. The number of hydrogen-bond acceptors (Lipinski definition) is 2. The van der Waals surface area contributed by atoms with E-state index in [0.717, 1.165) is 34.5 Å². The molecule has 9 aromatic rings. The molecule has 4 heteroatoms.